The smallest absolute Gasteiger partial charge is 0.422 e. The summed E-state index contributed by atoms with van der Waals surface area (Å²) in [5, 5.41) is -0.0743. The Labute approximate surface area is 143 Å². The number of rotatable bonds is 5. The quantitative estimate of drug-likeness (QED) is 0.640. The van der Waals surface area contributed by atoms with Gasteiger partial charge in [-0.3, -0.25) is 9.59 Å². The summed E-state index contributed by atoms with van der Waals surface area (Å²) < 4.78 is 55.6. The molecule has 10 heteroatoms. The molecule has 5 nitrogen and oxygen atoms in total. The van der Waals surface area contributed by atoms with Crippen molar-refractivity contribution < 1.29 is 31.9 Å². The van der Waals surface area contributed by atoms with Crippen molar-refractivity contribution in [1.29, 1.82) is 0 Å². The molecule has 25 heavy (non-hydrogen) atoms. The van der Waals surface area contributed by atoms with Gasteiger partial charge in [0.05, 0.1) is 16.3 Å². The Bertz CT molecular complexity index is 840. The van der Waals surface area contributed by atoms with Crippen molar-refractivity contribution in [2.75, 3.05) is 6.61 Å². The first-order valence-corrected chi connectivity index (χ1v) is 6.95. The number of pyridine rings is 1. The van der Waals surface area contributed by atoms with Crippen LogP contribution in [0, 0.1) is 5.82 Å². The lowest BCUT2D eigenvalue weighted by molar-refractivity contribution is -0.153. The lowest BCUT2D eigenvalue weighted by atomic mass is 10.1. The highest BCUT2D eigenvalue weighted by molar-refractivity contribution is 6.33. The number of alkyl halides is 3. The molecule has 0 saturated carbocycles. The van der Waals surface area contributed by atoms with Gasteiger partial charge in [-0.25, -0.2) is 9.37 Å². The van der Waals surface area contributed by atoms with Gasteiger partial charge in [0.2, 0.25) is 0 Å². The number of hydrogen-bond acceptors (Lipinski definition) is 4. The minimum Gasteiger partial charge on any atom is -0.483 e. The summed E-state index contributed by atoms with van der Waals surface area (Å²) in [4.78, 5) is 26.0. The first-order chi connectivity index (χ1) is 11.6. The number of primary amides is 1. The molecular weight excluding hydrogens is 368 g/mol. The second kappa shape index (κ2) is 7.06. The normalized spacial score (nSPS) is 11.2. The minimum atomic E-state index is -4.65. The largest absolute Gasteiger partial charge is 0.483 e. The Balaban J connectivity index is 2.53. The van der Waals surface area contributed by atoms with E-state index in [-0.39, 0.29) is 28.3 Å². The van der Waals surface area contributed by atoms with Crippen LogP contribution in [0.5, 0.6) is 5.75 Å². The van der Waals surface area contributed by atoms with E-state index < -0.39 is 35.8 Å². The highest BCUT2D eigenvalue weighted by Crippen LogP contribution is 2.31. The summed E-state index contributed by atoms with van der Waals surface area (Å²) in [6.45, 7) is -1.67. The second-order valence-electron chi connectivity index (χ2n) is 4.78. The SMILES string of the molecule is NC(=O)c1nc(-c2cc(OCC(F)(F)F)c(C=O)cc2F)ccc1Cl. The molecule has 1 amide bonds. The summed E-state index contributed by atoms with van der Waals surface area (Å²) in [6.07, 6.45) is -4.49. The van der Waals surface area contributed by atoms with Crippen molar-refractivity contribution in [3.8, 4) is 17.0 Å². The molecule has 2 aromatic rings. The average Bonchev–Trinajstić information content (AvgIpc) is 2.53. The number of hydrogen-bond donors (Lipinski definition) is 1. The number of benzene rings is 1. The first-order valence-electron chi connectivity index (χ1n) is 6.57. The molecule has 0 unspecified atom stereocenters. The summed E-state index contributed by atoms with van der Waals surface area (Å²) in [6, 6.07) is 4.05. The van der Waals surface area contributed by atoms with Crippen LogP contribution < -0.4 is 10.5 Å². The Kier molecular flexibility index (Phi) is 5.27. The lowest BCUT2D eigenvalue weighted by Gasteiger charge is -2.13. The van der Waals surface area contributed by atoms with Gasteiger partial charge in [0.1, 0.15) is 17.3 Å². The van der Waals surface area contributed by atoms with Crippen LogP contribution in [-0.4, -0.2) is 30.0 Å². The van der Waals surface area contributed by atoms with Crippen LogP contribution >= 0.6 is 11.6 Å². The number of carbonyl (C=O) groups excluding carboxylic acids is 2. The third kappa shape index (κ3) is 4.44. The molecule has 0 spiro atoms. The van der Waals surface area contributed by atoms with Crippen LogP contribution in [0.2, 0.25) is 5.02 Å². The van der Waals surface area contributed by atoms with E-state index in [1.54, 1.807) is 0 Å². The van der Waals surface area contributed by atoms with E-state index >= 15 is 0 Å². The van der Waals surface area contributed by atoms with Crippen LogP contribution in [0.15, 0.2) is 24.3 Å². The molecule has 0 bridgehead atoms. The summed E-state index contributed by atoms with van der Waals surface area (Å²) in [5.74, 6) is -2.40. The first kappa shape index (κ1) is 18.7. The molecule has 0 saturated heterocycles. The molecule has 1 aromatic carbocycles. The van der Waals surface area contributed by atoms with Gasteiger partial charge >= 0.3 is 6.18 Å². The van der Waals surface area contributed by atoms with Crippen molar-refractivity contribution in [3.63, 3.8) is 0 Å². The van der Waals surface area contributed by atoms with Crippen molar-refractivity contribution in [1.82, 2.24) is 4.98 Å². The van der Waals surface area contributed by atoms with Crippen molar-refractivity contribution >= 4 is 23.8 Å². The fourth-order valence-electron chi connectivity index (χ4n) is 1.91. The molecule has 2 N–H and O–H groups in total. The van der Waals surface area contributed by atoms with E-state index in [0.29, 0.717) is 6.07 Å². The van der Waals surface area contributed by atoms with Gasteiger partial charge in [0.25, 0.3) is 5.91 Å². The fraction of sp³-hybridized carbons (Fsp3) is 0.133. The molecule has 0 aliphatic heterocycles. The maximum absolute atomic E-state index is 14.2. The molecule has 1 heterocycles. The monoisotopic (exact) mass is 376 g/mol. The zero-order valence-corrected chi connectivity index (χ0v) is 13.0. The third-order valence-corrected chi connectivity index (χ3v) is 3.28. The molecule has 132 valence electrons. The van der Waals surface area contributed by atoms with Crippen molar-refractivity contribution in [2.45, 2.75) is 6.18 Å². The minimum absolute atomic E-state index is 0.0743. The van der Waals surface area contributed by atoms with Gasteiger partial charge in [0.15, 0.2) is 12.9 Å². The molecule has 0 aliphatic rings. The Morgan fingerprint density at radius 3 is 2.56 bits per heavy atom. The van der Waals surface area contributed by atoms with Gasteiger partial charge in [-0.15, -0.1) is 0 Å². The summed E-state index contributed by atoms with van der Waals surface area (Å²) in [7, 11) is 0. The second-order valence-corrected chi connectivity index (χ2v) is 5.19. The van der Waals surface area contributed by atoms with E-state index in [2.05, 4.69) is 9.72 Å². The van der Waals surface area contributed by atoms with Gasteiger partial charge in [0, 0.05) is 5.56 Å². The number of carbonyl (C=O) groups is 2. The number of aldehydes is 1. The van der Waals surface area contributed by atoms with E-state index in [4.69, 9.17) is 17.3 Å². The van der Waals surface area contributed by atoms with Crippen LogP contribution in [-0.2, 0) is 0 Å². The van der Waals surface area contributed by atoms with E-state index in [1.807, 2.05) is 0 Å². The summed E-state index contributed by atoms with van der Waals surface area (Å²) in [5.41, 5.74) is 3.94. The van der Waals surface area contributed by atoms with E-state index in [9.17, 15) is 27.2 Å². The number of aromatic nitrogens is 1. The molecule has 2 rings (SSSR count). The molecule has 0 radical (unpaired) electrons. The standard InChI is InChI=1S/C15H9ClF4N2O3/c16-9-1-2-11(22-13(9)14(21)24)8-4-12(25-6-15(18,19)20)7(5-23)3-10(8)17/h1-5H,6H2,(H2,21,24). The zero-order valence-electron chi connectivity index (χ0n) is 12.2. The van der Waals surface area contributed by atoms with Crippen LogP contribution in [0.4, 0.5) is 17.6 Å². The number of ether oxygens (including phenoxy) is 1. The van der Waals surface area contributed by atoms with Gasteiger partial charge in [-0.05, 0) is 24.3 Å². The highest BCUT2D eigenvalue weighted by Gasteiger charge is 2.29. The molecule has 1 aromatic heterocycles. The van der Waals surface area contributed by atoms with Crippen molar-refractivity contribution in [3.05, 3.63) is 46.4 Å². The number of halogens is 5. The van der Waals surface area contributed by atoms with Crippen molar-refractivity contribution in [2.24, 2.45) is 5.73 Å². The topological polar surface area (TPSA) is 82.3 Å². The lowest BCUT2D eigenvalue weighted by Crippen LogP contribution is -2.20. The van der Waals surface area contributed by atoms with Gasteiger partial charge in [-0.1, -0.05) is 11.6 Å². The zero-order chi connectivity index (χ0) is 18.8. The number of amides is 1. The maximum atomic E-state index is 14.2. The number of nitrogens with two attached hydrogens (primary N) is 1. The van der Waals surface area contributed by atoms with Crippen LogP contribution in [0.25, 0.3) is 11.3 Å². The summed E-state index contributed by atoms with van der Waals surface area (Å²) >= 11 is 5.74. The van der Waals surface area contributed by atoms with Crippen LogP contribution in [0.3, 0.4) is 0 Å². The fourth-order valence-corrected chi connectivity index (χ4v) is 2.11. The molecule has 0 fully saturated rings. The van der Waals surface area contributed by atoms with Gasteiger partial charge < -0.3 is 10.5 Å². The Hall–Kier alpha value is -2.68. The third-order valence-electron chi connectivity index (χ3n) is 2.97. The Morgan fingerprint density at radius 2 is 2.00 bits per heavy atom. The number of nitrogens with zero attached hydrogens (tertiary/aromatic N) is 1. The highest BCUT2D eigenvalue weighted by atomic mass is 35.5. The van der Waals surface area contributed by atoms with E-state index in [0.717, 1.165) is 6.07 Å². The predicted molar refractivity (Wildman–Crippen MR) is 80.1 cm³/mol. The maximum Gasteiger partial charge on any atom is 0.422 e. The molecular formula is C15H9ClF4N2O3. The average molecular weight is 377 g/mol. The predicted octanol–water partition coefficient (Wildman–Crippen LogP) is 3.39. The van der Waals surface area contributed by atoms with Crippen LogP contribution in [0.1, 0.15) is 20.8 Å². The molecule has 0 aliphatic carbocycles. The van der Waals surface area contributed by atoms with E-state index in [1.165, 1.54) is 12.1 Å². The van der Waals surface area contributed by atoms with Gasteiger partial charge in [-0.2, -0.15) is 13.2 Å². The Morgan fingerprint density at radius 1 is 1.32 bits per heavy atom. The molecule has 0 atom stereocenters.